The van der Waals surface area contributed by atoms with E-state index >= 15 is 0 Å². The summed E-state index contributed by atoms with van der Waals surface area (Å²) in [4.78, 5) is 23.8. The molecule has 0 fully saturated rings. The molecule has 0 saturated heterocycles. The predicted molar refractivity (Wildman–Crippen MR) is 84.7 cm³/mol. The fourth-order valence-electron chi connectivity index (χ4n) is 2.23. The highest BCUT2D eigenvalue weighted by Gasteiger charge is 2.39. The maximum absolute atomic E-state index is 12.9. The minimum Gasteiger partial charge on any atom is -0.364 e. The minimum absolute atomic E-state index is 0.0325. The van der Waals surface area contributed by atoms with Crippen molar-refractivity contribution >= 4 is 33.4 Å². The number of alkyl halides is 3. The number of carbonyl (C=O) groups excluding carboxylic acids is 2. The Hall–Kier alpha value is -2.37. The van der Waals surface area contributed by atoms with Gasteiger partial charge in [0.2, 0.25) is 5.91 Å². The molecule has 0 spiro atoms. The number of nitrogens with one attached hydrogen (secondary N) is 1. The minimum atomic E-state index is -4.66. The largest absolute Gasteiger partial charge is 0.436 e. The smallest absolute Gasteiger partial charge is 0.364 e. The molecule has 3 N–H and O–H groups in total. The summed E-state index contributed by atoms with van der Waals surface area (Å²) >= 11 is 2.85. The van der Waals surface area contributed by atoms with Crippen molar-refractivity contribution in [2.24, 2.45) is 12.8 Å². The van der Waals surface area contributed by atoms with E-state index in [0.29, 0.717) is 0 Å². The van der Waals surface area contributed by atoms with Crippen LogP contribution in [0.25, 0.3) is 0 Å². The molecule has 25 heavy (non-hydrogen) atoms. The van der Waals surface area contributed by atoms with Crippen LogP contribution in [0.2, 0.25) is 0 Å². The zero-order chi connectivity index (χ0) is 19.1. The van der Waals surface area contributed by atoms with Gasteiger partial charge in [-0.05, 0) is 29.8 Å². The zero-order valence-corrected chi connectivity index (χ0v) is 14.9. The molecule has 2 heterocycles. The number of rotatable bonds is 4. The van der Waals surface area contributed by atoms with Crippen LogP contribution in [0.4, 0.5) is 18.9 Å². The van der Waals surface area contributed by atoms with E-state index in [-0.39, 0.29) is 21.5 Å². The second-order valence-corrected chi connectivity index (χ2v) is 6.04. The van der Waals surface area contributed by atoms with Crippen LogP contribution >= 0.6 is 15.9 Å². The molecule has 0 aliphatic carbocycles. The van der Waals surface area contributed by atoms with E-state index in [0.717, 1.165) is 4.68 Å². The average molecular weight is 423 g/mol. The van der Waals surface area contributed by atoms with Gasteiger partial charge < -0.3 is 11.1 Å². The van der Waals surface area contributed by atoms with Crippen LogP contribution in [-0.2, 0) is 18.0 Å². The number of anilines is 1. The third-order valence-corrected chi connectivity index (χ3v) is 4.47. The SMILES string of the molecule is Cc1c(Br)c(C(F)(F)F)nn1[C@H](C)C(=O)Nc1cnn(C)c1C(N)=O. The highest BCUT2D eigenvalue weighted by atomic mass is 79.9. The van der Waals surface area contributed by atoms with Gasteiger partial charge in [-0.3, -0.25) is 19.0 Å². The van der Waals surface area contributed by atoms with Crippen molar-refractivity contribution in [3.8, 4) is 0 Å². The van der Waals surface area contributed by atoms with Gasteiger partial charge >= 0.3 is 6.18 Å². The number of aromatic nitrogens is 4. The molecule has 12 heteroatoms. The lowest BCUT2D eigenvalue weighted by molar-refractivity contribution is -0.142. The summed E-state index contributed by atoms with van der Waals surface area (Å²) in [5.74, 6) is -1.48. The highest BCUT2D eigenvalue weighted by Crippen LogP contribution is 2.36. The van der Waals surface area contributed by atoms with E-state index < -0.39 is 29.7 Å². The molecule has 0 aliphatic heterocycles. The number of primary amides is 1. The van der Waals surface area contributed by atoms with Crippen molar-refractivity contribution < 1.29 is 22.8 Å². The number of halogens is 4. The molecule has 136 valence electrons. The van der Waals surface area contributed by atoms with Gasteiger partial charge in [0, 0.05) is 7.05 Å². The number of carbonyl (C=O) groups is 2. The Morgan fingerprint density at radius 3 is 2.48 bits per heavy atom. The number of amides is 2. The first-order valence-electron chi connectivity index (χ1n) is 6.89. The Kier molecular flexibility index (Phi) is 4.93. The quantitative estimate of drug-likeness (QED) is 0.785. The monoisotopic (exact) mass is 422 g/mol. The van der Waals surface area contributed by atoms with E-state index in [4.69, 9.17) is 5.73 Å². The van der Waals surface area contributed by atoms with Crippen LogP contribution in [0, 0.1) is 6.92 Å². The van der Waals surface area contributed by atoms with Crippen LogP contribution in [0.5, 0.6) is 0 Å². The van der Waals surface area contributed by atoms with Crippen LogP contribution in [0.3, 0.4) is 0 Å². The number of nitrogens with zero attached hydrogens (tertiary/aromatic N) is 4. The van der Waals surface area contributed by atoms with Gasteiger partial charge in [-0.2, -0.15) is 23.4 Å². The van der Waals surface area contributed by atoms with E-state index in [1.54, 1.807) is 0 Å². The topological polar surface area (TPSA) is 108 Å². The van der Waals surface area contributed by atoms with Gasteiger partial charge in [0.15, 0.2) is 5.69 Å². The first kappa shape index (κ1) is 19.0. The van der Waals surface area contributed by atoms with E-state index in [1.807, 2.05) is 0 Å². The van der Waals surface area contributed by atoms with Crippen LogP contribution in [0.1, 0.15) is 34.8 Å². The lowest BCUT2D eigenvalue weighted by atomic mass is 10.2. The van der Waals surface area contributed by atoms with Crippen molar-refractivity contribution in [1.82, 2.24) is 19.6 Å². The Balaban J connectivity index is 2.32. The summed E-state index contributed by atoms with van der Waals surface area (Å²) in [5, 5.41) is 9.72. The second-order valence-electron chi connectivity index (χ2n) is 5.25. The molecule has 0 radical (unpaired) electrons. The van der Waals surface area contributed by atoms with E-state index in [9.17, 15) is 22.8 Å². The number of nitrogens with two attached hydrogens (primary N) is 1. The maximum atomic E-state index is 12.9. The van der Waals surface area contributed by atoms with Gasteiger partial charge in [0.1, 0.15) is 11.7 Å². The third kappa shape index (κ3) is 3.52. The second kappa shape index (κ2) is 6.50. The number of aryl methyl sites for hydroxylation is 1. The summed E-state index contributed by atoms with van der Waals surface area (Å²) in [6, 6.07) is -1.08. The molecule has 0 unspecified atom stereocenters. The van der Waals surface area contributed by atoms with Gasteiger partial charge in [0.05, 0.1) is 22.1 Å². The van der Waals surface area contributed by atoms with Gasteiger partial charge in [-0.1, -0.05) is 0 Å². The Morgan fingerprint density at radius 2 is 2.00 bits per heavy atom. The van der Waals surface area contributed by atoms with Gasteiger partial charge in [-0.15, -0.1) is 0 Å². The summed E-state index contributed by atoms with van der Waals surface area (Å²) < 4.78 is 40.7. The first-order chi connectivity index (χ1) is 11.4. The van der Waals surface area contributed by atoms with Crippen molar-refractivity contribution in [2.75, 3.05) is 5.32 Å². The lowest BCUT2D eigenvalue weighted by Crippen LogP contribution is -2.27. The summed E-state index contributed by atoms with van der Waals surface area (Å²) in [6.45, 7) is 2.78. The molecule has 2 aromatic heterocycles. The summed E-state index contributed by atoms with van der Waals surface area (Å²) in [6.07, 6.45) is -3.44. The van der Waals surface area contributed by atoms with Crippen molar-refractivity contribution in [3.63, 3.8) is 0 Å². The lowest BCUT2D eigenvalue weighted by Gasteiger charge is -2.14. The van der Waals surface area contributed by atoms with Crippen LogP contribution in [-0.4, -0.2) is 31.4 Å². The number of hydrogen-bond acceptors (Lipinski definition) is 4. The fourth-order valence-corrected chi connectivity index (χ4v) is 2.71. The standard InChI is InChI=1S/C13H14BrF3N6O2/c1-5-8(14)10(13(15,16)17)21-23(5)6(2)12(25)20-7-4-19-22(3)9(7)11(18)24/h4,6H,1-3H3,(H2,18,24)(H,20,25)/t6-/m1/s1. The molecule has 2 aromatic rings. The molecular weight excluding hydrogens is 409 g/mol. The Bertz CT molecular complexity index is 842. The van der Waals surface area contributed by atoms with Crippen molar-refractivity contribution in [2.45, 2.75) is 26.1 Å². The van der Waals surface area contributed by atoms with Crippen LogP contribution < -0.4 is 11.1 Å². The average Bonchev–Trinajstić information content (AvgIpc) is 2.99. The Morgan fingerprint density at radius 1 is 1.40 bits per heavy atom. The van der Waals surface area contributed by atoms with Gasteiger partial charge in [-0.25, -0.2) is 0 Å². The van der Waals surface area contributed by atoms with Crippen molar-refractivity contribution in [1.29, 1.82) is 0 Å². The highest BCUT2D eigenvalue weighted by molar-refractivity contribution is 9.10. The van der Waals surface area contributed by atoms with Crippen molar-refractivity contribution in [3.05, 3.63) is 27.8 Å². The van der Waals surface area contributed by atoms with Gasteiger partial charge in [0.25, 0.3) is 5.91 Å². The van der Waals surface area contributed by atoms with E-state index in [2.05, 4.69) is 31.4 Å². The van der Waals surface area contributed by atoms with E-state index in [1.165, 1.54) is 31.8 Å². The summed E-state index contributed by atoms with van der Waals surface area (Å²) in [7, 11) is 1.46. The molecule has 1 atom stereocenters. The predicted octanol–water partition coefficient (Wildman–Crippen LogP) is 2.00. The normalized spacial score (nSPS) is 12.9. The van der Waals surface area contributed by atoms with Crippen LogP contribution in [0.15, 0.2) is 10.7 Å². The molecule has 0 saturated carbocycles. The molecule has 2 rings (SSSR count). The molecular formula is C13H14BrF3N6O2. The number of hydrogen-bond donors (Lipinski definition) is 2. The zero-order valence-electron chi connectivity index (χ0n) is 13.3. The first-order valence-corrected chi connectivity index (χ1v) is 7.68. The molecule has 0 bridgehead atoms. The molecule has 0 aliphatic rings. The molecule has 8 nitrogen and oxygen atoms in total. The summed E-state index contributed by atoms with van der Waals surface area (Å²) in [5.41, 5.74) is 4.26. The molecule has 0 aromatic carbocycles. The fraction of sp³-hybridized carbons (Fsp3) is 0.385. The maximum Gasteiger partial charge on any atom is 0.436 e. The molecule has 2 amide bonds. The Labute approximate surface area is 148 Å². The third-order valence-electron chi connectivity index (χ3n) is 3.52.